The topological polar surface area (TPSA) is 99.1 Å². The fourth-order valence-electron chi connectivity index (χ4n) is 3.48. The van der Waals surface area contributed by atoms with Crippen molar-refractivity contribution in [2.45, 2.75) is 40.2 Å². The molecular weight excluding hydrogens is 370 g/mol. The van der Waals surface area contributed by atoms with Crippen LogP contribution in [0.25, 0.3) is 16.6 Å². The van der Waals surface area contributed by atoms with Crippen molar-refractivity contribution < 1.29 is 4.79 Å². The third-order valence-corrected chi connectivity index (χ3v) is 5.03. The zero-order chi connectivity index (χ0) is 20.9. The minimum atomic E-state index is -0.378. The summed E-state index contributed by atoms with van der Waals surface area (Å²) in [5.41, 5.74) is 3.12. The fourth-order valence-corrected chi connectivity index (χ4v) is 3.48. The number of fused-ring (bicyclic) bond motifs is 3. The minimum Gasteiger partial charge on any atom is -0.321 e. The molecule has 9 heteroatoms. The highest BCUT2D eigenvalue weighted by atomic mass is 16.2. The van der Waals surface area contributed by atoms with Gasteiger partial charge in [-0.2, -0.15) is 5.10 Å². The van der Waals surface area contributed by atoms with Crippen molar-refractivity contribution in [3.05, 3.63) is 52.0 Å². The number of anilines is 1. The first-order valence-electron chi connectivity index (χ1n) is 9.46. The van der Waals surface area contributed by atoms with E-state index in [1.165, 1.54) is 9.08 Å². The van der Waals surface area contributed by atoms with Crippen LogP contribution in [0.15, 0.2) is 29.1 Å². The zero-order valence-electron chi connectivity index (χ0n) is 17.1. The van der Waals surface area contributed by atoms with Gasteiger partial charge < -0.3 is 5.32 Å². The van der Waals surface area contributed by atoms with Crippen LogP contribution in [0.3, 0.4) is 0 Å². The van der Waals surface area contributed by atoms with Crippen LogP contribution >= 0.6 is 0 Å². The Labute approximate surface area is 167 Å². The molecule has 0 spiro atoms. The molecule has 0 aliphatic heterocycles. The Morgan fingerprint density at radius 1 is 1.17 bits per heavy atom. The lowest BCUT2D eigenvalue weighted by atomic mass is 10.2. The highest BCUT2D eigenvalue weighted by Crippen LogP contribution is 2.21. The summed E-state index contributed by atoms with van der Waals surface area (Å²) in [4.78, 5) is 30.3. The van der Waals surface area contributed by atoms with Crippen molar-refractivity contribution in [1.82, 2.24) is 28.9 Å². The second-order valence-corrected chi connectivity index (χ2v) is 7.46. The van der Waals surface area contributed by atoms with Crippen molar-refractivity contribution in [3.8, 4) is 0 Å². The van der Waals surface area contributed by atoms with Crippen LogP contribution in [0, 0.1) is 13.8 Å². The number of benzene rings is 1. The smallest absolute Gasteiger partial charge is 0.321 e. The van der Waals surface area contributed by atoms with E-state index in [2.05, 4.69) is 20.5 Å². The summed E-state index contributed by atoms with van der Waals surface area (Å²) in [6, 6.07) is 7.55. The summed E-state index contributed by atoms with van der Waals surface area (Å²) in [5, 5.41) is 12.4. The second-order valence-electron chi connectivity index (χ2n) is 7.46. The summed E-state index contributed by atoms with van der Waals surface area (Å²) < 4.78 is 4.39. The van der Waals surface area contributed by atoms with Gasteiger partial charge in [0.25, 0.3) is 0 Å². The maximum Gasteiger partial charge on any atom is 0.352 e. The van der Waals surface area contributed by atoms with Gasteiger partial charge in [0.05, 0.1) is 22.6 Å². The maximum atomic E-state index is 13.1. The molecule has 9 nitrogen and oxygen atoms in total. The Morgan fingerprint density at radius 3 is 2.55 bits per heavy atom. The molecule has 0 saturated heterocycles. The standard InChI is InChI=1S/C20H23N7O2/c1-11(2)18-21-15-9-7-6-8-14(15)19-24-26(20(29)27(18)19)10-16(28)22-17-12(3)23-25(5)13(17)4/h6-9,11H,10H2,1-5H3,(H,22,28). The van der Waals surface area contributed by atoms with E-state index in [9.17, 15) is 9.59 Å². The quantitative estimate of drug-likeness (QED) is 0.573. The van der Waals surface area contributed by atoms with E-state index in [0.717, 1.165) is 22.3 Å². The molecule has 0 unspecified atom stereocenters. The first-order valence-corrected chi connectivity index (χ1v) is 9.46. The number of nitrogens with zero attached hydrogens (tertiary/aromatic N) is 6. The molecule has 4 aromatic rings. The molecule has 0 bridgehead atoms. The summed E-state index contributed by atoms with van der Waals surface area (Å²) in [6.45, 7) is 7.45. The number of hydrogen-bond donors (Lipinski definition) is 1. The lowest BCUT2D eigenvalue weighted by Gasteiger charge is -2.08. The number of aromatic nitrogens is 6. The predicted octanol–water partition coefficient (Wildman–Crippen LogP) is 2.16. The van der Waals surface area contributed by atoms with Gasteiger partial charge in [-0.25, -0.2) is 18.9 Å². The highest BCUT2D eigenvalue weighted by Gasteiger charge is 2.20. The van der Waals surface area contributed by atoms with Gasteiger partial charge >= 0.3 is 5.69 Å². The Morgan fingerprint density at radius 2 is 1.90 bits per heavy atom. The molecule has 0 fully saturated rings. The lowest BCUT2D eigenvalue weighted by Crippen LogP contribution is -2.29. The van der Waals surface area contributed by atoms with E-state index in [-0.39, 0.29) is 24.1 Å². The van der Waals surface area contributed by atoms with Gasteiger partial charge in [0.2, 0.25) is 5.91 Å². The largest absolute Gasteiger partial charge is 0.352 e. The van der Waals surface area contributed by atoms with Gasteiger partial charge in [-0.05, 0) is 26.0 Å². The average molecular weight is 393 g/mol. The van der Waals surface area contributed by atoms with Crippen molar-refractivity contribution in [2.75, 3.05) is 5.32 Å². The zero-order valence-corrected chi connectivity index (χ0v) is 17.1. The number of carbonyl (C=O) groups excluding carboxylic acids is 1. The van der Waals surface area contributed by atoms with Crippen molar-refractivity contribution in [1.29, 1.82) is 0 Å². The third kappa shape index (κ3) is 3.08. The first-order chi connectivity index (χ1) is 13.8. The fraction of sp³-hybridized carbons (Fsp3) is 0.350. The molecule has 29 heavy (non-hydrogen) atoms. The summed E-state index contributed by atoms with van der Waals surface area (Å²) in [7, 11) is 1.82. The number of carbonyl (C=O) groups is 1. The SMILES string of the molecule is Cc1nn(C)c(C)c1NC(=O)Cn1nc2c3ccccc3nc(C(C)C)n2c1=O. The van der Waals surface area contributed by atoms with Gasteiger partial charge in [-0.3, -0.25) is 9.48 Å². The molecule has 4 rings (SSSR count). The molecule has 0 saturated carbocycles. The van der Waals surface area contributed by atoms with E-state index in [1.807, 2.05) is 59.0 Å². The molecule has 3 aromatic heterocycles. The van der Waals surface area contributed by atoms with Gasteiger partial charge in [-0.15, -0.1) is 5.10 Å². The number of nitrogens with one attached hydrogen (secondary N) is 1. The van der Waals surface area contributed by atoms with Crippen LogP contribution in [-0.4, -0.2) is 34.9 Å². The molecule has 1 amide bonds. The second kappa shape index (κ2) is 6.84. The third-order valence-electron chi connectivity index (χ3n) is 5.03. The number of amides is 1. The van der Waals surface area contributed by atoms with E-state index < -0.39 is 0 Å². The predicted molar refractivity (Wildman–Crippen MR) is 110 cm³/mol. The molecular formula is C20H23N7O2. The van der Waals surface area contributed by atoms with Crippen LogP contribution in [-0.2, 0) is 18.4 Å². The number of para-hydroxylation sites is 1. The Kier molecular flexibility index (Phi) is 4.45. The van der Waals surface area contributed by atoms with Crippen LogP contribution in [0.4, 0.5) is 5.69 Å². The molecule has 0 aliphatic rings. The van der Waals surface area contributed by atoms with Gasteiger partial charge in [0.15, 0.2) is 5.65 Å². The minimum absolute atomic E-state index is 0.0203. The highest BCUT2D eigenvalue weighted by molar-refractivity contribution is 5.92. The normalized spacial score (nSPS) is 11.7. The Hall–Kier alpha value is -3.49. The van der Waals surface area contributed by atoms with Gasteiger partial charge in [-0.1, -0.05) is 26.0 Å². The monoisotopic (exact) mass is 393 g/mol. The molecule has 1 aromatic carbocycles. The number of rotatable bonds is 4. The van der Waals surface area contributed by atoms with Crippen LogP contribution in [0.5, 0.6) is 0 Å². The van der Waals surface area contributed by atoms with Crippen molar-refractivity contribution in [2.24, 2.45) is 7.05 Å². The molecule has 1 N–H and O–H groups in total. The molecule has 0 aliphatic carbocycles. The Balaban J connectivity index is 1.78. The number of hydrogen-bond acceptors (Lipinski definition) is 5. The van der Waals surface area contributed by atoms with Gasteiger partial charge in [0, 0.05) is 18.4 Å². The number of aryl methyl sites for hydroxylation is 2. The van der Waals surface area contributed by atoms with Crippen LogP contribution in [0.2, 0.25) is 0 Å². The molecule has 150 valence electrons. The summed E-state index contributed by atoms with van der Waals surface area (Å²) in [5.74, 6) is 0.305. The summed E-state index contributed by atoms with van der Waals surface area (Å²) >= 11 is 0. The molecule has 3 heterocycles. The van der Waals surface area contributed by atoms with Crippen molar-refractivity contribution in [3.63, 3.8) is 0 Å². The Bertz CT molecular complexity index is 1310. The first kappa shape index (κ1) is 18.9. The van der Waals surface area contributed by atoms with E-state index >= 15 is 0 Å². The van der Waals surface area contributed by atoms with Gasteiger partial charge in [0.1, 0.15) is 12.4 Å². The van der Waals surface area contributed by atoms with Crippen molar-refractivity contribution >= 4 is 28.1 Å². The maximum absolute atomic E-state index is 13.1. The van der Waals surface area contributed by atoms with Crippen LogP contribution in [0.1, 0.15) is 37.0 Å². The van der Waals surface area contributed by atoms with E-state index in [4.69, 9.17) is 0 Å². The summed E-state index contributed by atoms with van der Waals surface area (Å²) in [6.07, 6.45) is 0. The lowest BCUT2D eigenvalue weighted by molar-refractivity contribution is -0.117. The van der Waals surface area contributed by atoms with E-state index in [1.54, 1.807) is 4.68 Å². The molecule has 0 radical (unpaired) electrons. The van der Waals surface area contributed by atoms with Crippen LogP contribution < -0.4 is 11.0 Å². The molecule has 0 atom stereocenters. The average Bonchev–Trinajstić information content (AvgIpc) is 3.12. The van der Waals surface area contributed by atoms with E-state index in [0.29, 0.717) is 17.2 Å².